The van der Waals surface area contributed by atoms with Crippen molar-refractivity contribution in [1.29, 1.82) is 0 Å². The summed E-state index contributed by atoms with van der Waals surface area (Å²) in [7, 11) is 0. The molecule has 0 aromatic heterocycles. The van der Waals surface area contributed by atoms with Gasteiger partial charge in [-0.25, -0.2) is 4.79 Å². The Morgan fingerprint density at radius 1 is 1.09 bits per heavy atom. The van der Waals surface area contributed by atoms with Gasteiger partial charge in [0.2, 0.25) is 0 Å². The van der Waals surface area contributed by atoms with Gasteiger partial charge in [-0.05, 0) is 51.3 Å². The molecule has 0 atom stereocenters. The number of carbonyl (C=O) groups is 1. The summed E-state index contributed by atoms with van der Waals surface area (Å²) in [6.07, 6.45) is 2.40. The van der Waals surface area contributed by atoms with Crippen molar-refractivity contribution in [2.75, 3.05) is 31.1 Å². The topological polar surface area (TPSA) is 32.8 Å². The summed E-state index contributed by atoms with van der Waals surface area (Å²) in [6, 6.07) is 8.86. The number of carbonyl (C=O) groups excluding carboxylic acids is 1. The minimum absolute atomic E-state index is 0.197. The Balaban J connectivity index is 1.53. The molecule has 0 saturated carbocycles. The van der Waals surface area contributed by atoms with Crippen LogP contribution in [0.2, 0.25) is 0 Å². The molecule has 2 aliphatic rings. The first kappa shape index (κ1) is 15.2. The first-order chi connectivity index (χ1) is 10.4. The Hall–Kier alpha value is -1.71. The predicted molar refractivity (Wildman–Crippen MR) is 88.4 cm³/mol. The zero-order valence-electron chi connectivity index (χ0n) is 13.8. The van der Waals surface area contributed by atoms with E-state index in [0.29, 0.717) is 5.92 Å². The number of nitrogens with zero attached hydrogens (tertiary/aromatic N) is 2. The van der Waals surface area contributed by atoms with Gasteiger partial charge < -0.3 is 14.5 Å². The van der Waals surface area contributed by atoms with Crippen molar-refractivity contribution in [3.63, 3.8) is 0 Å². The number of hydrogen-bond donors (Lipinski definition) is 0. The molecular formula is C18H26N2O2. The largest absolute Gasteiger partial charge is 0.444 e. The molecule has 0 N–H and O–H groups in total. The van der Waals surface area contributed by atoms with Crippen LogP contribution in [-0.2, 0) is 4.74 Å². The Morgan fingerprint density at radius 3 is 2.23 bits per heavy atom. The number of benzene rings is 1. The number of ether oxygens (including phenoxy) is 1. The molecule has 4 nitrogen and oxygen atoms in total. The number of amides is 1. The van der Waals surface area contributed by atoms with Gasteiger partial charge in [0.1, 0.15) is 5.60 Å². The zero-order chi connectivity index (χ0) is 15.7. The molecule has 1 amide bonds. The van der Waals surface area contributed by atoms with E-state index in [1.807, 2.05) is 20.8 Å². The third kappa shape index (κ3) is 3.37. The quantitative estimate of drug-likeness (QED) is 0.836. The third-order valence-electron chi connectivity index (χ3n) is 4.37. The fourth-order valence-electron chi connectivity index (χ4n) is 3.10. The molecule has 22 heavy (non-hydrogen) atoms. The van der Waals surface area contributed by atoms with Gasteiger partial charge in [0, 0.05) is 37.8 Å². The predicted octanol–water partition coefficient (Wildman–Crippen LogP) is 3.62. The highest BCUT2D eigenvalue weighted by molar-refractivity contribution is 5.69. The summed E-state index contributed by atoms with van der Waals surface area (Å²) >= 11 is 0. The summed E-state index contributed by atoms with van der Waals surface area (Å²) in [5, 5.41) is 0. The van der Waals surface area contributed by atoms with Gasteiger partial charge in [-0.15, -0.1) is 0 Å². The maximum atomic E-state index is 11.9. The molecule has 2 aliphatic heterocycles. The van der Waals surface area contributed by atoms with Crippen molar-refractivity contribution in [3.05, 3.63) is 29.8 Å². The van der Waals surface area contributed by atoms with Gasteiger partial charge in [0.15, 0.2) is 0 Å². The first-order valence-electron chi connectivity index (χ1n) is 8.25. The second-order valence-electron chi connectivity index (χ2n) is 7.37. The monoisotopic (exact) mass is 302 g/mol. The van der Waals surface area contributed by atoms with E-state index in [-0.39, 0.29) is 6.09 Å². The lowest BCUT2D eigenvalue weighted by Crippen LogP contribution is -2.50. The van der Waals surface area contributed by atoms with E-state index in [2.05, 4.69) is 29.2 Å². The standard InChI is InChI=1S/C18H26N2O2/c1-18(2,3)22-17(21)20-12-15(13-20)14-6-8-16(9-7-14)19-10-4-5-11-19/h6-9,15H,4-5,10-13H2,1-3H3. The molecule has 4 heteroatoms. The molecule has 3 rings (SSSR count). The molecule has 1 aromatic rings. The highest BCUT2D eigenvalue weighted by Crippen LogP contribution is 2.30. The van der Waals surface area contributed by atoms with E-state index >= 15 is 0 Å². The molecule has 0 spiro atoms. The van der Waals surface area contributed by atoms with Gasteiger partial charge in [-0.3, -0.25) is 0 Å². The smallest absolute Gasteiger partial charge is 0.410 e. The summed E-state index contributed by atoms with van der Waals surface area (Å²) < 4.78 is 5.39. The lowest BCUT2D eigenvalue weighted by molar-refractivity contribution is 0.00820. The van der Waals surface area contributed by atoms with Crippen LogP contribution < -0.4 is 4.90 Å². The van der Waals surface area contributed by atoms with Crippen LogP contribution in [-0.4, -0.2) is 42.8 Å². The van der Waals surface area contributed by atoms with Gasteiger partial charge in [-0.2, -0.15) is 0 Å². The van der Waals surface area contributed by atoms with Crippen molar-refractivity contribution in [2.24, 2.45) is 0 Å². The highest BCUT2D eigenvalue weighted by Gasteiger charge is 2.34. The van der Waals surface area contributed by atoms with Crippen LogP contribution in [0, 0.1) is 0 Å². The van der Waals surface area contributed by atoms with Crippen molar-refractivity contribution in [2.45, 2.75) is 45.1 Å². The molecule has 0 unspecified atom stereocenters. The van der Waals surface area contributed by atoms with E-state index in [4.69, 9.17) is 4.74 Å². The van der Waals surface area contributed by atoms with E-state index in [1.165, 1.54) is 37.2 Å². The number of rotatable bonds is 2. The number of hydrogen-bond acceptors (Lipinski definition) is 3. The minimum Gasteiger partial charge on any atom is -0.444 e. The average molecular weight is 302 g/mol. The number of anilines is 1. The van der Waals surface area contributed by atoms with E-state index in [1.54, 1.807) is 4.90 Å². The van der Waals surface area contributed by atoms with Crippen molar-refractivity contribution < 1.29 is 9.53 Å². The Bertz CT molecular complexity index is 521. The van der Waals surface area contributed by atoms with Crippen LogP contribution in [0.25, 0.3) is 0 Å². The second kappa shape index (κ2) is 5.82. The van der Waals surface area contributed by atoms with E-state index in [0.717, 1.165) is 13.1 Å². The maximum absolute atomic E-state index is 11.9. The van der Waals surface area contributed by atoms with Crippen LogP contribution >= 0.6 is 0 Å². The molecule has 2 saturated heterocycles. The third-order valence-corrected chi connectivity index (χ3v) is 4.37. The van der Waals surface area contributed by atoms with Gasteiger partial charge >= 0.3 is 6.09 Å². The first-order valence-corrected chi connectivity index (χ1v) is 8.25. The molecule has 2 heterocycles. The minimum atomic E-state index is -0.417. The van der Waals surface area contributed by atoms with Gasteiger partial charge in [0.05, 0.1) is 0 Å². The van der Waals surface area contributed by atoms with Crippen LogP contribution in [0.1, 0.15) is 45.1 Å². The Labute approximate surface area is 133 Å². The van der Waals surface area contributed by atoms with E-state index < -0.39 is 5.60 Å². The summed E-state index contributed by atoms with van der Waals surface area (Å²) in [6.45, 7) is 9.58. The fourth-order valence-corrected chi connectivity index (χ4v) is 3.10. The van der Waals surface area contributed by atoms with Crippen LogP contribution in [0.5, 0.6) is 0 Å². The Morgan fingerprint density at radius 2 is 1.68 bits per heavy atom. The molecule has 0 bridgehead atoms. The summed E-state index contributed by atoms with van der Waals surface area (Å²) in [4.78, 5) is 16.2. The van der Waals surface area contributed by atoms with Crippen LogP contribution in [0.15, 0.2) is 24.3 Å². The SMILES string of the molecule is CC(C)(C)OC(=O)N1CC(c2ccc(N3CCCC3)cc2)C1. The summed E-state index contributed by atoms with van der Waals surface area (Å²) in [5.74, 6) is 0.445. The van der Waals surface area contributed by atoms with Crippen LogP contribution in [0.4, 0.5) is 10.5 Å². The van der Waals surface area contributed by atoms with E-state index in [9.17, 15) is 4.79 Å². The van der Waals surface area contributed by atoms with Crippen LogP contribution in [0.3, 0.4) is 0 Å². The van der Waals surface area contributed by atoms with Gasteiger partial charge in [0.25, 0.3) is 0 Å². The van der Waals surface area contributed by atoms with Crippen molar-refractivity contribution in [3.8, 4) is 0 Å². The molecule has 120 valence electrons. The zero-order valence-corrected chi connectivity index (χ0v) is 13.8. The number of likely N-dealkylation sites (tertiary alicyclic amines) is 1. The average Bonchev–Trinajstić information content (AvgIpc) is 2.89. The fraction of sp³-hybridized carbons (Fsp3) is 0.611. The lowest BCUT2D eigenvalue weighted by Gasteiger charge is -2.40. The molecular weight excluding hydrogens is 276 g/mol. The van der Waals surface area contributed by atoms with Crippen molar-refractivity contribution in [1.82, 2.24) is 4.90 Å². The molecule has 0 radical (unpaired) electrons. The maximum Gasteiger partial charge on any atom is 0.410 e. The highest BCUT2D eigenvalue weighted by atomic mass is 16.6. The summed E-state index contributed by atoms with van der Waals surface area (Å²) in [5.41, 5.74) is 2.23. The second-order valence-corrected chi connectivity index (χ2v) is 7.37. The lowest BCUT2D eigenvalue weighted by atomic mass is 9.92. The normalized spacial score (nSPS) is 19.2. The molecule has 1 aromatic carbocycles. The Kier molecular flexibility index (Phi) is 4.02. The van der Waals surface area contributed by atoms with Gasteiger partial charge in [-0.1, -0.05) is 12.1 Å². The molecule has 0 aliphatic carbocycles. The molecule has 2 fully saturated rings. The van der Waals surface area contributed by atoms with Crippen molar-refractivity contribution >= 4 is 11.8 Å².